The van der Waals surface area contributed by atoms with E-state index in [1.54, 1.807) is 18.1 Å². The Kier molecular flexibility index (Phi) is 5.86. The maximum atomic E-state index is 11.7. The Labute approximate surface area is 123 Å². The van der Waals surface area contributed by atoms with Crippen molar-refractivity contribution in [1.82, 2.24) is 25.4 Å². The number of ether oxygens (including phenoxy) is 1. The normalized spacial score (nSPS) is 10.5. The van der Waals surface area contributed by atoms with Gasteiger partial charge in [0.1, 0.15) is 12.7 Å². The Morgan fingerprint density at radius 2 is 2.33 bits per heavy atom. The van der Waals surface area contributed by atoms with E-state index < -0.39 is 0 Å². The van der Waals surface area contributed by atoms with Crippen LogP contribution in [0.3, 0.4) is 0 Å². The van der Waals surface area contributed by atoms with Gasteiger partial charge < -0.3 is 15.4 Å². The molecule has 0 aliphatic carbocycles. The fourth-order valence-corrected chi connectivity index (χ4v) is 1.79. The van der Waals surface area contributed by atoms with Crippen LogP contribution in [0.2, 0.25) is 0 Å². The molecule has 1 amide bonds. The van der Waals surface area contributed by atoms with Crippen molar-refractivity contribution >= 4 is 5.91 Å². The van der Waals surface area contributed by atoms with Crippen LogP contribution in [0.1, 0.15) is 5.56 Å². The van der Waals surface area contributed by atoms with Crippen LogP contribution < -0.4 is 10.6 Å². The van der Waals surface area contributed by atoms with Crippen LogP contribution in [0.25, 0.3) is 5.69 Å². The van der Waals surface area contributed by atoms with E-state index in [-0.39, 0.29) is 12.5 Å². The van der Waals surface area contributed by atoms with Gasteiger partial charge >= 0.3 is 0 Å². The summed E-state index contributed by atoms with van der Waals surface area (Å²) < 4.78 is 6.57. The number of nitrogens with zero attached hydrogens (tertiary/aromatic N) is 3. The van der Waals surface area contributed by atoms with Gasteiger partial charge in [-0.25, -0.2) is 9.67 Å². The summed E-state index contributed by atoms with van der Waals surface area (Å²) in [4.78, 5) is 15.6. The van der Waals surface area contributed by atoms with Crippen molar-refractivity contribution in [2.24, 2.45) is 0 Å². The monoisotopic (exact) mass is 289 g/mol. The molecule has 2 rings (SSSR count). The summed E-state index contributed by atoms with van der Waals surface area (Å²) in [6, 6.07) is 7.79. The van der Waals surface area contributed by atoms with Gasteiger partial charge in [0, 0.05) is 20.2 Å². The van der Waals surface area contributed by atoms with Crippen LogP contribution in [0.15, 0.2) is 36.9 Å². The first kappa shape index (κ1) is 15.1. The van der Waals surface area contributed by atoms with E-state index in [1.807, 2.05) is 24.3 Å². The van der Waals surface area contributed by atoms with Gasteiger partial charge in [0.15, 0.2) is 0 Å². The van der Waals surface area contributed by atoms with Crippen LogP contribution >= 0.6 is 0 Å². The molecule has 0 saturated carbocycles. The zero-order valence-electron chi connectivity index (χ0n) is 12.0. The van der Waals surface area contributed by atoms with Crippen LogP contribution in [0.4, 0.5) is 0 Å². The molecular formula is C14H19N5O2. The second-order valence-corrected chi connectivity index (χ2v) is 4.46. The summed E-state index contributed by atoms with van der Waals surface area (Å²) in [5, 5.41) is 9.93. The Balaban J connectivity index is 1.81. The Morgan fingerprint density at radius 1 is 1.43 bits per heavy atom. The summed E-state index contributed by atoms with van der Waals surface area (Å²) >= 11 is 0. The van der Waals surface area contributed by atoms with Crippen LogP contribution in [0.5, 0.6) is 0 Å². The molecule has 2 aromatic rings. The lowest BCUT2D eigenvalue weighted by atomic mass is 10.2. The highest BCUT2D eigenvalue weighted by molar-refractivity contribution is 5.77. The number of aromatic nitrogens is 3. The van der Waals surface area contributed by atoms with Crippen molar-refractivity contribution in [3.05, 3.63) is 42.5 Å². The summed E-state index contributed by atoms with van der Waals surface area (Å²) in [7, 11) is 1.63. The van der Waals surface area contributed by atoms with E-state index in [0.717, 1.165) is 11.3 Å². The molecule has 0 bridgehead atoms. The molecule has 0 aliphatic rings. The number of hydrogen-bond donors (Lipinski definition) is 2. The van der Waals surface area contributed by atoms with Crippen LogP contribution in [0, 0.1) is 0 Å². The molecule has 1 aromatic heterocycles. The SMILES string of the molecule is COCCNCC(=O)NCc1cccc(-n2cncn2)c1. The average molecular weight is 289 g/mol. The highest BCUT2D eigenvalue weighted by Gasteiger charge is 2.02. The lowest BCUT2D eigenvalue weighted by molar-refractivity contribution is -0.120. The fourth-order valence-electron chi connectivity index (χ4n) is 1.79. The predicted octanol–water partition coefficient (Wildman–Crippen LogP) is 0.120. The van der Waals surface area contributed by atoms with Crippen molar-refractivity contribution in [3.63, 3.8) is 0 Å². The standard InChI is InChI=1S/C14H19N5O2/c1-21-6-5-15-9-14(20)17-8-12-3-2-4-13(7-12)19-11-16-10-18-19/h2-4,7,10-11,15H,5-6,8-9H2,1H3,(H,17,20). The van der Waals surface area contributed by atoms with Gasteiger partial charge in [0.25, 0.3) is 0 Å². The van der Waals surface area contributed by atoms with Gasteiger partial charge in [0.2, 0.25) is 5.91 Å². The zero-order valence-corrected chi connectivity index (χ0v) is 12.0. The largest absolute Gasteiger partial charge is 0.383 e. The average Bonchev–Trinajstić information content (AvgIpc) is 3.04. The number of amides is 1. The van der Waals surface area contributed by atoms with Gasteiger partial charge in [0.05, 0.1) is 18.8 Å². The fraction of sp³-hybridized carbons (Fsp3) is 0.357. The first-order chi connectivity index (χ1) is 10.3. The van der Waals surface area contributed by atoms with Gasteiger partial charge in [-0.3, -0.25) is 4.79 Å². The molecule has 21 heavy (non-hydrogen) atoms. The van der Waals surface area contributed by atoms with E-state index in [2.05, 4.69) is 20.7 Å². The zero-order chi connectivity index (χ0) is 14.9. The maximum absolute atomic E-state index is 11.7. The highest BCUT2D eigenvalue weighted by atomic mass is 16.5. The van der Waals surface area contributed by atoms with Gasteiger partial charge in [-0.1, -0.05) is 12.1 Å². The molecule has 1 aromatic carbocycles. The van der Waals surface area contributed by atoms with Gasteiger partial charge in [-0.05, 0) is 17.7 Å². The van der Waals surface area contributed by atoms with Gasteiger partial charge in [-0.15, -0.1) is 0 Å². The molecule has 0 saturated heterocycles. The second kappa shape index (κ2) is 8.13. The summed E-state index contributed by atoms with van der Waals surface area (Å²) in [6.45, 7) is 2.01. The third-order valence-corrected chi connectivity index (χ3v) is 2.85. The summed E-state index contributed by atoms with van der Waals surface area (Å²) in [5.41, 5.74) is 1.92. The minimum Gasteiger partial charge on any atom is -0.383 e. The predicted molar refractivity (Wildman–Crippen MR) is 78.0 cm³/mol. The maximum Gasteiger partial charge on any atom is 0.234 e. The molecule has 7 heteroatoms. The van der Waals surface area contributed by atoms with Crippen molar-refractivity contribution in [1.29, 1.82) is 0 Å². The Bertz CT molecular complexity index is 556. The molecular weight excluding hydrogens is 270 g/mol. The molecule has 0 aliphatic heterocycles. The number of benzene rings is 1. The molecule has 7 nitrogen and oxygen atoms in total. The van der Waals surface area contributed by atoms with E-state index >= 15 is 0 Å². The van der Waals surface area contributed by atoms with E-state index in [4.69, 9.17) is 4.74 Å². The molecule has 0 unspecified atom stereocenters. The van der Waals surface area contributed by atoms with Crippen LogP contribution in [-0.2, 0) is 16.1 Å². The molecule has 0 radical (unpaired) electrons. The number of hydrogen-bond acceptors (Lipinski definition) is 5. The minimum absolute atomic E-state index is 0.0442. The van der Waals surface area contributed by atoms with Crippen molar-refractivity contribution in [2.75, 3.05) is 26.8 Å². The third kappa shape index (κ3) is 4.97. The smallest absolute Gasteiger partial charge is 0.234 e. The quantitative estimate of drug-likeness (QED) is 0.675. The first-order valence-corrected chi connectivity index (χ1v) is 6.70. The number of methoxy groups -OCH3 is 1. The lowest BCUT2D eigenvalue weighted by Crippen LogP contribution is -2.34. The van der Waals surface area contributed by atoms with Crippen molar-refractivity contribution in [2.45, 2.75) is 6.54 Å². The van der Waals surface area contributed by atoms with Crippen molar-refractivity contribution in [3.8, 4) is 5.69 Å². The molecule has 1 heterocycles. The van der Waals surface area contributed by atoms with E-state index in [9.17, 15) is 4.79 Å². The number of carbonyl (C=O) groups is 1. The second-order valence-electron chi connectivity index (χ2n) is 4.46. The summed E-state index contributed by atoms with van der Waals surface area (Å²) in [5.74, 6) is -0.0442. The summed E-state index contributed by atoms with van der Waals surface area (Å²) in [6.07, 6.45) is 3.12. The third-order valence-electron chi connectivity index (χ3n) is 2.85. The Hall–Kier alpha value is -2.25. The van der Waals surface area contributed by atoms with E-state index in [0.29, 0.717) is 19.7 Å². The minimum atomic E-state index is -0.0442. The lowest BCUT2D eigenvalue weighted by Gasteiger charge is -2.08. The molecule has 0 spiro atoms. The number of carbonyl (C=O) groups excluding carboxylic acids is 1. The molecule has 2 N–H and O–H groups in total. The Morgan fingerprint density at radius 3 is 3.10 bits per heavy atom. The van der Waals surface area contributed by atoms with E-state index in [1.165, 1.54) is 6.33 Å². The number of nitrogens with one attached hydrogen (secondary N) is 2. The van der Waals surface area contributed by atoms with Crippen LogP contribution in [-0.4, -0.2) is 47.5 Å². The molecule has 112 valence electrons. The van der Waals surface area contributed by atoms with Gasteiger partial charge in [-0.2, -0.15) is 5.10 Å². The topological polar surface area (TPSA) is 81.1 Å². The number of rotatable bonds is 8. The molecule has 0 atom stereocenters. The first-order valence-electron chi connectivity index (χ1n) is 6.70. The van der Waals surface area contributed by atoms with Crippen molar-refractivity contribution < 1.29 is 9.53 Å². The molecule has 0 fully saturated rings. The highest BCUT2D eigenvalue weighted by Crippen LogP contribution is 2.08.